The predicted molar refractivity (Wildman–Crippen MR) is 107 cm³/mol. The number of anilines is 3. The lowest BCUT2D eigenvalue weighted by molar-refractivity contribution is 0.105. The molecule has 0 aliphatic carbocycles. The first-order chi connectivity index (χ1) is 13.0. The zero-order valence-corrected chi connectivity index (χ0v) is 16.5. The molecule has 2 heterocycles. The molecule has 3 rings (SSSR count). The van der Waals surface area contributed by atoms with Crippen LogP contribution >= 0.6 is 0 Å². The van der Waals surface area contributed by atoms with Crippen LogP contribution in [0.2, 0.25) is 0 Å². The number of nitrogens with zero attached hydrogens (tertiary/aromatic N) is 4. The average Bonchev–Trinajstić information content (AvgIpc) is 2.65. The SMILES string of the molecule is CCOC(=O)N1CCN(c2cc(Nc3ccc(C)c(C)c3)nc(C)n2)CC1. The number of rotatable bonds is 4. The van der Waals surface area contributed by atoms with Gasteiger partial charge in [-0.15, -0.1) is 0 Å². The minimum atomic E-state index is -0.242. The second-order valence-electron chi connectivity index (χ2n) is 6.76. The highest BCUT2D eigenvalue weighted by Crippen LogP contribution is 2.22. The zero-order valence-electron chi connectivity index (χ0n) is 16.5. The van der Waals surface area contributed by atoms with E-state index in [1.165, 1.54) is 11.1 Å². The number of aryl methyl sites for hydroxylation is 3. The fourth-order valence-electron chi connectivity index (χ4n) is 3.08. The largest absolute Gasteiger partial charge is 0.450 e. The van der Waals surface area contributed by atoms with Crippen LogP contribution in [-0.2, 0) is 4.74 Å². The molecule has 0 saturated carbocycles. The Hall–Kier alpha value is -2.83. The Balaban J connectivity index is 1.70. The molecule has 1 aliphatic heterocycles. The smallest absolute Gasteiger partial charge is 0.409 e. The highest BCUT2D eigenvalue weighted by atomic mass is 16.6. The van der Waals surface area contributed by atoms with Crippen molar-refractivity contribution >= 4 is 23.4 Å². The molecule has 0 unspecified atom stereocenters. The van der Waals surface area contributed by atoms with Gasteiger partial charge in [0.05, 0.1) is 6.61 Å². The highest BCUT2D eigenvalue weighted by Gasteiger charge is 2.23. The van der Waals surface area contributed by atoms with Crippen LogP contribution < -0.4 is 10.2 Å². The molecular weight excluding hydrogens is 342 g/mol. The molecule has 1 N–H and O–H groups in total. The van der Waals surface area contributed by atoms with E-state index in [4.69, 9.17) is 4.74 Å². The number of hydrogen-bond donors (Lipinski definition) is 1. The summed E-state index contributed by atoms with van der Waals surface area (Å²) in [7, 11) is 0. The van der Waals surface area contributed by atoms with E-state index in [0.717, 1.165) is 30.4 Å². The van der Waals surface area contributed by atoms with Crippen LogP contribution in [0.5, 0.6) is 0 Å². The van der Waals surface area contributed by atoms with Crippen molar-refractivity contribution in [1.29, 1.82) is 0 Å². The molecule has 1 aromatic carbocycles. The molecule has 1 saturated heterocycles. The Labute approximate surface area is 160 Å². The molecule has 1 aliphatic rings. The molecule has 1 amide bonds. The van der Waals surface area contributed by atoms with Crippen molar-refractivity contribution in [3.63, 3.8) is 0 Å². The maximum atomic E-state index is 11.9. The number of benzene rings is 1. The van der Waals surface area contributed by atoms with Gasteiger partial charge in [0.2, 0.25) is 0 Å². The van der Waals surface area contributed by atoms with Gasteiger partial charge in [0, 0.05) is 37.9 Å². The third-order valence-corrected chi connectivity index (χ3v) is 4.73. The van der Waals surface area contributed by atoms with Crippen molar-refractivity contribution in [3.05, 3.63) is 41.2 Å². The molecule has 7 nitrogen and oxygen atoms in total. The number of piperazine rings is 1. The van der Waals surface area contributed by atoms with Crippen LogP contribution in [0.4, 0.5) is 22.1 Å². The van der Waals surface area contributed by atoms with Crippen LogP contribution in [0, 0.1) is 20.8 Å². The van der Waals surface area contributed by atoms with Gasteiger partial charge in [0.15, 0.2) is 0 Å². The number of amides is 1. The number of nitrogens with one attached hydrogen (secondary N) is 1. The van der Waals surface area contributed by atoms with E-state index in [-0.39, 0.29) is 6.09 Å². The summed E-state index contributed by atoms with van der Waals surface area (Å²) in [5, 5.41) is 3.37. The maximum Gasteiger partial charge on any atom is 0.409 e. The monoisotopic (exact) mass is 369 g/mol. The summed E-state index contributed by atoms with van der Waals surface area (Å²) in [4.78, 5) is 24.9. The van der Waals surface area contributed by atoms with Crippen LogP contribution in [0.15, 0.2) is 24.3 Å². The van der Waals surface area contributed by atoms with Crippen molar-refractivity contribution in [2.45, 2.75) is 27.7 Å². The van der Waals surface area contributed by atoms with E-state index in [1.54, 1.807) is 4.90 Å². The van der Waals surface area contributed by atoms with E-state index >= 15 is 0 Å². The van der Waals surface area contributed by atoms with E-state index in [0.29, 0.717) is 25.5 Å². The molecule has 27 heavy (non-hydrogen) atoms. The molecule has 1 aromatic heterocycles. The molecule has 2 aromatic rings. The van der Waals surface area contributed by atoms with Gasteiger partial charge in [0.25, 0.3) is 0 Å². The Morgan fingerprint density at radius 1 is 1.07 bits per heavy atom. The molecule has 1 fully saturated rings. The normalized spacial score (nSPS) is 14.2. The predicted octanol–water partition coefficient (Wildman–Crippen LogP) is 3.42. The third-order valence-electron chi connectivity index (χ3n) is 4.73. The van der Waals surface area contributed by atoms with Gasteiger partial charge in [-0.25, -0.2) is 14.8 Å². The van der Waals surface area contributed by atoms with Crippen molar-refractivity contribution in [1.82, 2.24) is 14.9 Å². The standard InChI is InChI=1S/C20H27N5O2/c1-5-27-20(26)25-10-8-24(9-11-25)19-13-18(21-16(4)22-19)23-17-7-6-14(2)15(3)12-17/h6-7,12-13H,5,8-11H2,1-4H3,(H,21,22,23). The second kappa shape index (κ2) is 8.24. The Morgan fingerprint density at radius 3 is 2.48 bits per heavy atom. The quantitative estimate of drug-likeness (QED) is 0.890. The van der Waals surface area contributed by atoms with Crippen molar-refractivity contribution in [2.24, 2.45) is 0 Å². The first-order valence-corrected chi connectivity index (χ1v) is 9.33. The lowest BCUT2D eigenvalue weighted by Crippen LogP contribution is -2.49. The summed E-state index contributed by atoms with van der Waals surface area (Å²) in [6.45, 7) is 11.0. The van der Waals surface area contributed by atoms with Crippen molar-refractivity contribution in [2.75, 3.05) is 43.0 Å². The molecule has 144 valence electrons. The highest BCUT2D eigenvalue weighted by molar-refractivity contribution is 5.68. The van der Waals surface area contributed by atoms with Crippen LogP contribution in [0.3, 0.4) is 0 Å². The average molecular weight is 369 g/mol. The van der Waals surface area contributed by atoms with E-state index in [1.807, 2.05) is 19.9 Å². The van der Waals surface area contributed by atoms with Crippen LogP contribution in [0.1, 0.15) is 23.9 Å². The number of carbonyl (C=O) groups excluding carboxylic acids is 1. The van der Waals surface area contributed by atoms with Gasteiger partial charge < -0.3 is 19.9 Å². The molecule has 0 atom stereocenters. The number of ether oxygens (including phenoxy) is 1. The fourth-order valence-corrected chi connectivity index (χ4v) is 3.08. The summed E-state index contributed by atoms with van der Waals surface area (Å²) in [6.07, 6.45) is -0.242. The van der Waals surface area contributed by atoms with Crippen LogP contribution in [0.25, 0.3) is 0 Å². The van der Waals surface area contributed by atoms with Gasteiger partial charge in [-0.2, -0.15) is 0 Å². The summed E-state index contributed by atoms with van der Waals surface area (Å²) in [6, 6.07) is 8.23. The Morgan fingerprint density at radius 2 is 1.81 bits per heavy atom. The van der Waals surface area contributed by atoms with Crippen molar-refractivity contribution < 1.29 is 9.53 Å². The topological polar surface area (TPSA) is 70.6 Å². The minimum Gasteiger partial charge on any atom is -0.450 e. The summed E-state index contributed by atoms with van der Waals surface area (Å²) >= 11 is 0. The van der Waals surface area contributed by atoms with Gasteiger partial charge in [-0.3, -0.25) is 0 Å². The van der Waals surface area contributed by atoms with Gasteiger partial charge in [0.1, 0.15) is 17.5 Å². The summed E-state index contributed by atoms with van der Waals surface area (Å²) in [5.41, 5.74) is 3.51. The minimum absolute atomic E-state index is 0.242. The Bertz CT molecular complexity index is 816. The first kappa shape index (κ1) is 18.9. The molecule has 0 radical (unpaired) electrons. The lowest BCUT2D eigenvalue weighted by Gasteiger charge is -2.34. The zero-order chi connectivity index (χ0) is 19.4. The maximum absolute atomic E-state index is 11.9. The molecular formula is C20H27N5O2. The molecule has 0 spiro atoms. The van der Waals surface area contributed by atoms with E-state index < -0.39 is 0 Å². The van der Waals surface area contributed by atoms with Gasteiger partial charge in [-0.1, -0.05) is 6.07 Å². The summed E-state index contributed by atoms with van der Waals surface area (Å²) < 4.78 is 5.08. The van der Waals surface area contributed by atoms with Gasteiger partial charge >= 0.3 is 6.09 Å². The van der Waals surface area contributed by atoms with Crippen molar-refractivity contribution in [3.8, 4) is 0 Å². The number of aromatic nitrogens is 2. The van der Waals surface area contributed by atoms with Crippen LogP contribution in [-0.4, -0.2) is 53.7 Å². The van der Waals surface area contributed by atoms with Gasteiger partial charge in [-0.05, 0) is 51.0 Å². The first-order valence-electron chi connectivity index (χ1n) is 9.33. The van der Waals surface area contributed by atoms with E-state index in [9.17, 15) is 4.79 Å². The number of carbonyl (C=O) groups is 1. The Kier molecular flexibility index (Phi) is 5.78. The lowest BCUT2D eigenvalue weighted by atomic mass is 10.1. The van der Waals surface area contributed by atoms with E-state index in [2.05, 4.69) is 52.2 Å². The summed E-state index contributed by atoms with van der Waals surface area (Å²) in [5.74, 6) is 2.36. The number of hydrogen-bond acceptors (Lipinski definition) is 6. The second-order valence-corrected chi connectivity index (χ2v) is 6.76. The molecule has 0 bridgehead atoms. The fraction of sp³-hybridized carbons (Fsp3) is 0.450. The third kappa shape index (κ3) is 4.67. The molecule has 7 heteroatoms.